The Balaban J connectivity index is 2.68. The van der Waals surface area contributed by atoms with E-state index in [4.69, 9.17) is 10.5 Å². The van der Waals surface area contributed by atoms with Crippen molar-refractivity contribution in [1.29, 1.82) is 0 Å². The maximum Gasteiger partial charge on any atom is 0.326 e. The average Bonchev–Trinajstić information content (AvgIpc) is 2.18. The lowest BCUT2D eigenvalue weighted by atomic mass is 9.96. The molecule has 1 heterocycles. The van der Waals surface area contributed by atoms with Crippen molar-refractivity contribution in [2.45, 2.75) is 31.3 Å². The highest BCUT2D eigenvalue weighted by atomic mass is 16.5. The topological polar surface area (TPSA) is 75.8 Å². The van der Waals surface area contributed by atoms with Gasteiger partial charge in [0.05, 0.1) is 6.61 Å². The van der Waals surface area contributed by atoms with E-state index in [0.717, 1.165) is 25.9 Å². The number of nitrogens with zero attached hydrogens (tertiary/aromatic N) is 1. The quantitative estimate of drug-likeness (QED) is 0.686. The second-order valence-corrected chi connectivity index (χ2v) is 4.34. The maximum atomic E-state index is 11.2. The van der Waals surface area contributed by atoms with E-state index >= 15 is 0 Å². The van der Waals surface area contributed by atoms with E-state index in [9.17, 15) is 9.90 Å². The zero-order chi connectivity index (χ0) is 11.5. The first kappa shape index (κ1) is 12.4. The molecule has 5 heteroatoms. The fourth-order valence-electron chi connectivity index (χ4n) is 1.96. The van der Waals surface area contributed by atoms with Crippen molar-refractivity contribution in [3.8, 4) is 0 Å². The molecule has 5 nitrogen and oxygen atoms in total. The van der Waals surface area contributed by atoms with Gasteiger partial charge < -0.3 is 15.6 Å². The Kier molecular flexibility index (Phi) is 4.07. The number of nitrogens with two attached hydrogens (primary N) is 1. The minimum atomic E-state index is -0.922. The van der Waals surface area contributed by atoms with Crippen molar-refractivity contribution in [3.63, 3.8) is 0 Å². The molecule has 0 aromatic heterocycles. The van der Waals surface area contributed by atoms with Crippen molar-refractivity contribution in [2.24, 2.45) is 5.73 Å². The lowest BCUT2D eigenvalue weighted by Gasteiger charge is -2.41. The van der Waals surface area contributed by atoms with Gasteiger partial charge in [-0.15, -0.1) is 0 Å². The minimum Gasteiger partial charge on any atom is -0.480 e. The molecule has 0 spiro atoms. The first-order valence-electron chi connectivity index (χ1n) is 5.23. The van der Waals surface area contributed by atoms with Gasteiger partial charge in [-0.05, 0) is 19.8 Å². The van der Waals surface area contributed by atoms with Crippen LogP contribution in [0.15, 0.2) is 0 Å². The van der Waals surface area contributed by atoms with Crippen LogP contribution in [0, 0.1) is 0 Å². The summed E-state index contributed by atoms with van der Waals surface area (Å²) >= 11 is 0. The number of methoxy groups -OCH3 is 1. The third-order valence-electron chi connectivity index (χ3n) is 3.12. The predicted molar refractivity (Wildman–Crippen MR) is 56.7 cm³/mol. The number of carboxylic acids is 1. The van der Waals surface area contributed by atoms with Crippen LogP contribution in [0.3, 0.4) is 0 Å². The molecule has 0 aromatic carbocycles. The van der Waals surface area contributed by atoms with Gasteiger partial charge in [-0.2, -0.15) is 0 Å². The van der Waals surface area contributed by atoms with Gasteiger partial charge >= 0.3 is 5.97 Å². The fraction of sp³-hybridized carbons (Fsp3) is 0.900. The van der Waals surface area contributed by atoms with Crippen LogP contribution in [-0.2, 0) is 9.53 Å². The average molecular weight is 216 g/mol. The van der Waals surface area contributed by atoms with Crippen LogP contribution < -0.4 is 5.73 Å². The summed E-state index contributed by atoms with van der Waals surface area (Å²) in [4.78, 5) is 13.2. The molecular formula is C10H20N2O3. The van der Waals surface area contributed by atoms with Gasteiger partial charge in [-0.3, -0.25) is 9.69 Å². The first-order chi connectivity index (χ1) is 7.00. The molecule has 88 valence electrons. The van der Waals surface area contributed by atoms with Gasteiger partial charge in [0.15, 0.2) is 0 Å². The van der Waals surface area contributed by atoms with E-state index in [1.54, 1.807) is 6.92 Å². The molecule has 1 rings (SSSR count). The fourth-order valence-corrected chi connectivity index (χ4v) is 1.96. The number of rotatable bonds is 4. The van der Waals surface area contributed by atoms with E-state index in [2.05, 4.69) is 0 Å². The van der Waals surface area contributed by atoms with Crippen molar-refractivity contribution >= 4 is 5.97 Å². The van der Waals surface area contributed by atoms with E-state index in [1.807, 2.05) is 4.90 Å². The second kappa shape index (κ2) is 4.92. The summed E-state index contributed by atoms with van der Waals surface area (Å²) in [6.45, 7) is 3.37. The predicted octanol–water partition coefficient (Wildman–Crippen LogP) is -0.101. The van der Waals surface area contributed by atoms with Crippen LogP contribution in [0.1, 0.15) is 19.8 Å². The standard InChI is InChI=1S/C10H20N2O3/c1-10(7-15-2,9(13)14)12-5-3-8(11)4-6-12/h8H,3-7,11H2,1-2H3,(H,13,14). The van der Waals surface area contributed by atoms with Crippen molar-refractivity contribution in [1.82, 2.24) is 4.90 Å². The molecule has 1 unspecified atom stereocenters. The van der Waals surface area contributed by atoms with Crippen molar-refractivity contribution in [3.05, 3.63) is 0 Å². The summed E-state index contributed by atoms with van der Waals surface area (Å²) < 4.78 is 4.99. The smallest absolute Gasteiger partial charge is 0.326 e. The third-order valence-corrected chi connectivity index (χ3v) is 3.12. The zero-order valence-electron chi connectivity index (χ0n) is 9.40. The van der Waals surface area contributed by atoms with E-state index in [0.29, 0.717) is 0 Å². The van der Waals surface area contributed by atoms with Crippen molar-refractivity contribution in [2.75, 3.05) is 26.8 Å². The number of hydrogen-bond donors (Lipinski definition) is 2. The van der Waals surface area contributed by atoms with Gasteiger partial charge in [0.2, 0.25) is 0 Å². The normalized spacial score (nSPS) is 23.7. The molecule has 1 aliphatic rings. The van der Waals surface area contributed by atoms with Crippen molar-refractivity contribution < 1.29 is 14.6 Å². The summed E-state index contributed by atoms with van der Waals surface area (Å²) in [5, 5.41) is 9.23. The summed E-state index contributed by atoms with van der Waals surface area (Å²) in [5.74, 6) is -0.833. The molecule has 1 aliphatic heterocycles. The summed E-state index contributed by atoms with van der Waals surface area (Å²) in [6.07, 6.45) is 1.71. The van der Waals surface area contributed by atoms with Crippen LogP contribution in [0.4, 0.5) is 0 Å². The summed E-state index contributed by atoms with van der Waals surface area (Å²) in [7, 11) is 1.52. The Hall–Kier alpha value is -0.650. The van der Waals surface area contributed by atoms with Crippen LogP contribution in [-0.4, -0.2) is 54.4 Å². The molecule has 0 saturated carbocycles. The number of hydrogen-bond acceptors (Lipinski definition) is 4. The highest BCUT2D eigenvalue weighted by molar-refractivity contribution is 5.78. The zero-order valence-corrected chi connectivity index (χ0v) is 9.40. The number of piperidine rings is 1. The Morgan fingerprint density at radius 2 is 2.13 bits per heavy atom. The van der Waals surface area contributed by atoms with Gasteiger partial charge in [0.25, 0.3) is 0 Å². The molecule has 0 radical (unpaired) electrons. The van der Waals surface area contributed by atoms with Crippen LogP contribution >= 0.6 is 0 Å². The molecule has 1 fully saturated rings. The monoisotopic (exact) mass is 216 g/mol. The summed E-state index contributed by atoms with van der Waals surface area (Å²) in [5.41, 5.74) is 4.86. The molecule has 1 saturated heterocycles. The van der Waals surface area contributed by atoms with E-state index in [1.165, 1.54) is 7.11 Å². The first-order valence-corrected chi connectivity index (χ1v) is 5.23. The van der Waals surface area contributed by atoms with Gasteiger partial charge in [-0.1, -0.05) is 0 Å². The number of ether oxygens (including phenoxy) is 1. The van der Waals surface area contributed by atoms with Gasteiger partial charge in [0, 0.05) is 26.2 Å². The minimum absolute atomic E-state index is 0.206. The molecule has 0 aromatic rings. The molecular weight excluding hydrogens is 196 g/mol. The van der Waals surface area contributed by atoms with Crippen LogP contribution in [0.2, 0.25) is 0 Å². The number of carboxylic acid groups (broad SMARTS) is 1. The Morgan fingerprint density at radius 1 is 1.60 bits per heavy atom. The SMILES string of the molecule is COCC(C)(C(=O)O)N1CCC(N)CC1. The highest BCUT2D eigenvalue weighted by Crippen LogP contribution is 2.21. The summed E-state index contributed by atoms with van der Waals surface area (Å²) in [6, 6.07) is 0.210. The van der Waals surface area contributed by atoms with Gasteiger partial charge in [-0.25, -0.2) is 0 Å². The molecule has 0 amide bonds. The van der Waals surface area contributed by atoms with E-state index in [-0.39, 0.29) is 12.6 Å². The maximum absolute atomic E-state index is 11.2. The van der Waals surface area contributed by atoms with Gasteiger partial charge in [0.1, 0.15) is 5.54 Å². The number of carbonyl (C=O) groups is 1. The third kappa shape index (κ3) is 2.68. The van der Waals surface area contributed by atoms with Crippen LogP contribution in [0.25, 0.3) is 0 Å². The molecule has 3 N–H and O–H groups in total. The van der Waals surface area contributed by atoms with Crippen LogP contribution in [0.5, 0.6) is 0 Å². The van der Waals surface area contributed by atoms with E-state index < -0.39 is 11.5 Å². The Morgan fingerprint density at radius 3 is 2.53 bits per heavy atom. The molecule has 0 bridgehead atoms. The molecule has 0 aliphatic carbocycles. The number of aliphatic carboxylic acids is 1. The highest BCUT2D eigenvalue weighted by Gasteiger charge is 2.40. The Labute approximate surface area is 90.2 Å². The largest absolute Gasteiger partial charge is 0.480 e. The Bertz CT molecular complexity index is 227. The number of likely N-dealkylation sites (tertiary alicyclic amines) is 1. The molecule has 15 heavy (non-hydrogen) atoms. The molecule has 1 atom stereocenters. The second-order valence-electron chi connectivity index (χ2n) is 4.34. The lowest BCUT2D eigenvalue weighted by molar-refractivity contribution is -0.155. The lowest BCUT2D eigenvalue weighted by Crippen LogP contribution is -2.58.